The Morgan fingerprint density at radius 3 is 2.38 bits per heavy atom. The van der Waals surface area contributed by atoms with Gasteiger partial charge in [0.05, 0.1) is 26.5 Å². The van der Waals surface area contributed by atoms with Crippen molar-refractivity contribution in [2.75, 3.05) is 0 Å². The Kier molecular flexibility index (Phi) is 4.83. The number of sulfone groups is 1. The van der Waals surface area contributed by atoms with Crippen molar-refractivity contribution in [1.82, 2.24) is 9.78 Å². The van der Waals surface area contributed by atoms with E-state index in [1.807, 2.05) is 13.8 Å². The van der Waals surface area contributed by atoms with Crippen molar-refractivity contribution in [3.63, 3.8) is 0 Å². The van der Waals surface area contributed by atoms with E-state index in [1.165, 1.54) is 12.1 Å². The van der Waals surface area contributed by atoms with Crippen LogP contribution in [0, 0.1) is 5.82 Å². The van der Waals surface area contributed by atoms with E-state index in [4.69, 9.17) is 0 Å². The summed E-state index contributed by atoms with van der Waals surface area (Å²) in [5.74, 6) is -0.623. The summed E-state index contributed by atoms with van der Waals surface area (Å²) >= 11 is 3.43. The second kappa shape index (κ2) is 6.27. The van der Waals surface area contributed by atoms with Crippen LogP contribution in [0.25, 0.3) is 0 Å². The Hall–Kier alpha value is -1.21. The predicted molar refractivity (Wildman–Crippen MR) is 82.3 cm³/mol. The van der Waals surface area contributed by atoms with Crippen molar-refractivity contribution < 1.29 is 12.8 Å². The first-order valence-electron chi connectivity index (χ1n) is 6.61. The van der Waals surface area contributed by atoms with Gasteiger partial charge in [0.15, 0.2) is 9.84 Å². The molecule has 0 saturated carbocycles. The number of halogens is 2. The van der Waals surface area contributed by atoms with Crippen LogP contribution in [0.15, 0.2) is 33.6 Å². The van der Waals surface area contributed by atoms with Crippen molar-refractivity contribution >= 4 is 25.8 Å². The molecule has 0 amide bonds. The van der Waals surface area contributed by atoms with Gasteiger partial charge in [0, 0.05) is 6.54 Å². The van der Waals surface area contributed by atoms with E-state index in [2.05, 4.69) is 21.0 Å². The molecule has 0 atom stereocenters. The van der Waals surface area contributed by atoms with Gasteiger partial charge in [-0.15, -0.1) is 0 Å². The third-order valence-electron chi connectivity index (χ3n) is 3.19. The highest BCUT2D eigenvalue weighted by molar-refractivity contribution is 9.10. The van der Waals surface area contributed by atoms with Gasteiger partial charge >= 0.3 is 0 Å². The Morgan fingerprint density at radius 1 is 1.24 bits per heavy atom. The molecule has 0 unspecified atom stereocenters. The van der Waals surface area contributed by atoms with Crippen molar-refractivity contribution in [2.45, 2.75) is 37.5 Å². The highest BCUT2D eigenvalue weighted by atomic mass is 79.9. The van der Waals surface area contributed by atoms with E-state index >= 15 is 0 Å². The quantitative estimate of drug-likeness (QED) is 0.754. The third kappa shape index (κ3) is 3.35. The van der Waals surface area contributed by atoms with E-state index < -0.39 is 15.7 Å². The molecule has 7 heteroatoms. The number of aromatic nitrogens is 2. The van der Waals surface area contributed by atoms with Crippen LogP contribution in [-0.2, 0) is 28.6 Å². The van der Waals surface area contributed by atoms with E-state index in [1.54, 1.807) is 4.68 Å². The van der Waals surface area contributed by atoms with Gasteiger partial charge < -0.3 is 0 Å². The second-order valence-electron chi connectivity index (χ2n) is 4.59. The van der Waals surface area contributed by atoms with Gasteiger partial charge in [-0.05, 0) is 53.5 Å². The summed E-state index contributed by atoms with van der Waals surface area (Å²) in [6.45, 7) is 4.46. The molecule has 114 valence electrons. The molecular formula is C14H16BrFN2O2S. The van der Waals surface area contributed by atoms with Gasteiger partial charge in [-0.1, -0.05) is 6.92 Å². The lowest BCUT2D eigenvalue weighted by atomic mass is 10.3. The second-order valence-corrected chi connectivity index (χ2v) is 7.37. The summed E-state index contributed by atoms with van der Waals surface area (Å²) in [6, 6.07) is 4.87. The fourth-order valence-corrected chi connectivity index (χ4v) is 4.32. The topological polar surface area (TPSA) is 52.0 Å². The lowest BCUT2D eigenvalue weighted by Gasteiger charge is -2.07. The molecule has 0 aliphatic rings. The maximum atomic E-state index is 12.9. The van der Waals surface area contributed by atoms with Crippen molar-refractivity contribution in [1.29, 1.82) is 0 Å². The zero-order valence-electron chi connectivity index (χ0n) is 11.8. The molecule has 0 aliphatic carbocycles. The Bertz CT molecular complexity index is 739. The summed E-state index contributed by atoms with van der Waals surface area (Å²) in [4.78, 5) is 0.109. The Labute approximate surface area is 132 Å². The third-order valence-corrected chi connectivity index (χ3v) is 5.75. The van der Waals surface area contributed by atoms with Gasteiger partial charge in [0.25, 0.3) is 0 Å². The predicted octanol–water partition coefficient (Wildman–Crippen LogP) is 3.34. The summed E-state index contributed by atoms with van der Waals surface area (Å²) in [7, 11) is -3.54. The first-order chi connectivity index (χ1) is 9.89. The summed E-state index contributed by atoms with van der Waals surface area (Å²) in [5, 5.41) is 4.38. The number of rotatable bonds is 5. The van der Waals surface area contributed by atoms with Crippen LogP contribution in [0.2, 0.25) is 0 Å². The molecule has 4 nitrogen and oxygen atoms in total. The lowest BCUT2D eigenvalue weighted by molar-refractivity contribution is 0.584. The summed E-state index contributed by atoms with van der Waals surface area (Å²) in [6.07, 6.45) is 0.719. The molecule has 2 rings (SSSR count). The number of hydrogen-bond acceptors (Lipinski definition) is 3. The fourth-order valence-electron chi connectivity index (χ4n) is 2.06. The maximum Gasteiger partial charge on any atom is 0.184 e. The first-order valence-corrected chi connectivity index (χ1v) is 9.06. The Morgan fingerprint density at radius 2 is 1.86 bits per heavy atom. The molecule has 0 fully saturated rings. The minimum absolute atomic E-state index is 0.109. The molecule has 21 heavy (non-hydrogen) atoms. The fraction of sp³-hybridized carbons (Fsp3) is 0.357. The molecule has 0 spiro atoms. The van der Waals surface area contributed by atoms with Crippen LogP contribution in [0.5, 0.6) is 0 Å². The monoisotopic (exact) mass is 374 g/mol. The molecule has 0 N–H and O–H groups in total. The lowest BCUT2D eigenvalue weighted by Crippen LogP contribution is -2.11. The van der Waals surface area contributed by atoms with Gasteiger partial charge in [-0.3, -0.25) is 4.68 Å². The first kappa shape index (κ1) is 16.2. The number of benzene rings is 1. The smallest absolute Gasteiger partial charge is 0.184 e. The minimum Gasteiger partial charge on any atom is -0.267 e. The average Bonchev–Trinajstić information content (AvgIpc) is 2.75. The summed E-state index contributed by atoms with van der Waals surface area (Å²) in [5.41, 5.74) is 1.46. The van der Waals surface area contributed by atoms with Gasteiger partial charge in [-0.25, -0.2) is 12.8 Å². The van der Waals surface area contributed by atoms with Crippen LogP contribution < -0.4 is 0 Å². The van der Waals surface area contributed by atoms with E-state index in [-0.39, 0.29) is 10.6 Å². The molecule has 0 bridgehead atoms. The molecule has 1 aromatic carbocycles. The van der Waals surface area contributed by atoms with Crippen molar-refractivity contribution in [3.8, 4) is 0 Å². The molecule has 1 heterocycles. The number of hydrogen-bond donors (Lipinski definition) is 0. The molecule has 1 aromatic heterocycles. The highest BCUT2D eigenvalue weighted by Crippen LogP contribution is 2.26. The van der Waals surface area contributed by atoms with Gasteiger partial charge in [-0.2, -0.15) is 5.10 Å². The summed E-state index contributed by atoms with van der Waals surface area (Å²) < 4.78 is 40.2. The standard InChI is InChI=1S/C14H16BrFN2O2S/c1-3-12-14(15)13(18(4-2)17-12)9-21(19,20)11-7-5-10(16)6-8-11/h5-8H,3-4,9H2,1-2H3. The zero-order chi connectivity index (χ0) is 15.6. The molecule has 0 radical (unpaired) electrons. The molecule has 2 aromatic rings. The maximum absolute atomic E-state index is 12.9. The van der Waals surface area contributed by atoms with Crippen LogP contribution in [0.4, 0.5) is 4.39 Å². The molecule has 0 aliphatic heterocycles. The normalized spacial score (nSPS) is 11.8. The van der Waals surface area contributed by atoms with E-state index in [0.717, 1.165) is 28.7 Å². The number of nitrogens with zero attached hydrogens (tertiary/aromatic N) is 2. The average molecular weight is 375 g/mol. The van der Waals surface area contributed by atoms with Crippen LogP contribution >= 0.6 is 15.9 Å². The highest BCUT2D eigenvalue weighted by Gasteiger charge is 2.22. The largest absolute Gasteiger partial charge is 0.267 e. The van der Waals surface area contributed by atoms with E-state index in [0.29, 0.717) is 12.2 Å². The van der Waals surface area contributed by atoms with Crippen LogP contribution in [0.1, 0.15) is 25.2 Å². The molecule has 0 saturated heterocycles. The Balaban J connectivity index is 2.41. The van der Waals surface area contributed by atoms with Crippen LogP contribution in [-0.4, -0.2) is 18.2 Å². The molecular weight excluding hydrogens is 359 g/mol. The SMILES string of the molecule is CCc1nn(CC)c(CS(=O)(=O)c2ccc(F)cc2)c1Br. The van der Waals surface area contributed by atoms with Crippen molar-refractivity contribution in [2.24, 2.45) is 0 Å². The van der Waals surface area contributed by atoms with Crippen LogP contribution in [0.3, 0.4) is 0 Å². The number of aryl methyl sites for hydroxylation is 2. The van der Waals surface area contributed by atoms with Gasteiger partial charge in [0.1, 0.15) is 5.82 Å². The van der Waals surface area contributed by atoms with Crippen molar-refractivity contribution in [3.05, 3.63) is 45.9 Å². The minimum atomic E-state index is -3.54. The van der Waals surface area contributed by atoms with E-state index in [9.17, 15) is 12.8 Å². The van der Waals surface area contributed by atoms with Gasteiger partial charge in [0.2, 0.25) is 0 Å². The zero-order valence-corrected chi connectivity index (χ0v) is 14.2.